The first-order chi connectivity index (χ1) is 10.1. The normalized spacial score (nSPS) is 11.0. The topological polar surface area (TPSA) is 54.6 Å². The number of aryl methyl sites for hydroxylation is 2. The van der Waals surface area contributed by atoms with Crippen molar-refractivity contribution in [2.45, 2.75) is 20.3 Å². The van der Waals surface area contributed by atoms with E-state index in [1.165, 1.54) is 5.56 Å². The molecule has 4 heteroatoms. The summed E-state index contributed by atoms with van der Waals surface area (Å²) < 4.78 is 1.92. The Labute approximate surface area is 122 Å². The molecule has 106 valence electrons. The second kappa shape index (κ2) is 5.05. The summed E-state index contributed by atoms with van der Waals surface area (Å²) in [6.45, 7) is 3.98. The van der Waals surface area contributed by atoms with Gasteiger partial charge in [-0.1, -0.05) is 35.9 Å². The van der Waals surface area contributed by atoms with Crippen LogP contribution in [-0.2, 0) is 11.2 Å². The summed E-state index contributed by atoms with van der Waals surface area (Å²) in [5, 5.41) is 9.21. The highest BCUT2D eigenvalue weighted by molar-refractivity contribution is 5.76. The molecule has 0 aliphatic heterocycles. The Morgan fingerprint density at radius 2 is 1.86 bits per heavy atom. The fraction of sp³-hybridized carbons (Fsp3) is 0.176. The first-order valence-electron chi connectivity index (χ1n) is 6.82. The number of aromatic nitrogens is 2. The third-order valence-corrected chi connectivity index (χ3v) is 3.58. The van der Waals surface area contributed by atoms with Crippen LogP contribution in [0.1, 0.15) is 17.0 Å². The Morgan fingerprint density at radius 1 is 1.14 bits per heavy atom. The number of pyridine rings is 1. The minimum absolute atomic E-state index is 0.0464. The van der Waals surface area contributed by atoms with Gasteiger partial charge in [-0.3, -0.25) is 4.79 Å². The number of carboxylic acid groups (broad SMARTS) is 1. The van der Waals surface area contributed by atoms with E-state index in [-0.39, 0.29) is 6.42 Å². The molecule has 0 unspecified atom stereocenters. The summed E-state index contributed by atoms with van der Waals surface area (Å²) in [4.78, 5) is 15.8. The highest BCUT2D eigenvalue weighted by atomic mass is 16.4. The van der Waals surface area contributed by atoms with E-state index in [0.29, 0.717) is 0 Å². The van der Waals surface area contributed by atoms with Gasteiger partial charge < -0.3 is 9.51 Å². The highest BCUT2D eigenvalue weighted by Crippen LogP contribution is 2.26. The van der Waals surface area contributed by atoms with Gasteiger partial charge in [0.1, 0.15) is 5.65 Å². The number of hydrogen-bond acceptors (Lipinski definition) is 2. The SMILES string of the molecule is Cc1ccc(-c2nc3cccc(C)n3c2CC(=O)O)cc1. The van der Waals surface area contributed by atoms with Gasteiger partial charge in [0, 0.05) is 11.3 Å². The minimum Gasteiger partial charge on any atom is -0.481 e. The van der Waals surface area contributed by atoms with Crippen LogP contribution in [0.2, 0.25) is 0 Å². The molecule has 2 aromatic heterocycles. The zero-order chi connectivity index (χ0) is 15.0. The molecule has 0 saturated carbocycles. The summed E-state index contributed by atoms with van der Waals surface area (Å²) in [5.74, 6) is -0.853. The maximum atomic E-state index is 11.2. The lowest BCUT2D eigenvalue weighted by Crippen LogP contribution is -2.06. The molecule has 21 heavy (non-hydrogen) atoms. The molecule has 0 spiro atoms. The van der Waals surface area contributed by atoms with E-state index in [1.807, 2.05) is 60.7 Å². The smallest absolute Gasteiger partial charge is 0.309 e. The molecule has 2 heterocycles. The van der Waals surface area contributed by atoms with Crippen molar-refractivity contribution in [1.82, 2.24) is 9.38 Å². The second-order valence-corrected chi connectivity index (χ2v) is 5.20. The van der Waals surface area contributed by atoms with Crippen molar-refractivity contribution >= 4 is 11.6 Å². The largest absolute Gasteiger partial charge is 0.481 e. The Morgan fingerprint density at radius 3 is 2.52 bits per heavy atom. The van der Waals surface area contributed by atoms with Crippen molar-refractivity contribution in [3.05, 3.63) is 59.4 Å². The van der Waals surface area contributed by atoms with E-state index >= 15 is 0 Å². The van der Waals surface area contributed by atoms with Crippen LogP contribution in [0.3, 0.4) is 0 Å². The van der Waals surface area contributed by atoms with Gasteiger partial charge in [-0.15, -0.1) is 0 Å². The van der Waals surface area contributed by atoms with Crippen molar-refractivity contribution in [2.75, 3.05) is 0 Å². The molecule has 1 aromatic carbocycles. The second-order valence-electron chi connectivity index (χ2n) is 5.20. The number of hydrogen-bond donors (Lipinski definition) is 1. The van der Waals surface area contributed by atoms with Crippen molar-refractivity contribution in [2.24, 2.45) is 0 Å². The Balaban J connectivity index is 2.28. The lowest BCUT2D eigenvalue weighted by atomic mass is 10.1. The fourth-order valence-electron chi connectivity index (χ4n) is 2.58. The Hall–Kier alpha value is -2.62. The molecule has 3 aromatic rings. The molecule has 4 nitrogen and oxygen atoms in total. The van der Waals surface area contributed by atoms with E-state index in [2.05, 4.69) is 4.98 Å². The summed E-state index contributed by atoms with van der Waals surface area (Å²) in [6, 6.07) is 13.8. The summed E-state index contributed by atoms with van der Waals surface area (Å²) in [5.41, 5.74) is 5.33. The molecular weight excluding hydrogens is 264 g/mol. The predicted octanol–water partition coefficient (Wildman–Crippen LogP) is 3.25. The standard InChI is InChI=1S/C17H16N2O2/c1-11-6-8-13(9-7-11)17-14(10-16(20)21)19-12(2)4-3-5-15(19)18-17/h3-9H,10H2,1-2H3,(H,20,21). The fourth-order valence-corrected chi connectivity index (χ4v) is 2.58. The molecule has 0 bridgehead atoms. The van der Waals surface area contributed by atoms with Gasteiger partial charge in [-0.2, -0.15) is 0 Å². The van der Waals surface area contributed by atoms with Gasteiger partial charge in [-0.05, 0) is 26.0 Å². The number of nitrogens with zero attached hydrogens (tertiary/aromatic N) is 2. The number of benzene rings is 1. The van der Waals surface area contributed by atoms with Crippen LogP contribution < -0.4 is 0 Å². The summed E-state index contributed by atoms with van der Waals surface area (Å²) in [6.07, 6.45) is -0.0464. The third kappa shape index (κ3) is 2.40. The monoisotopic (exact) mass is 280 g/mol. The number of aliphatic carboxylic acids is 1. The Kier molecular flexibility index (Phi) is 3.22. The van der Waals surface area contributed by atoms with Crippen molar-refractivity contribution in [1.29, 1.82) is 0 Å². The first kappa shape index (κ1) is 13.4. The van der Waals surface area contributed by atoms with Crippen LogP contribution in [0, 0.1) is 13.8 Å². The van der Waals surface area contributed by atoms with Crippen LogP contribution in [0.15, 0.2) is 42.5 Å². The van der Waals surface area contributed by atoms with E-state index < -0.39 is 5.97 Å². The van der Waals surface area contributed by atoms with Crippen LogP contribution in [-0.4, -0.2) is 20.5 Å². The molecular formula is C17H16N2O2. The number of carboxylic acids is 1. The molecule has 3 rings (SSSR count). The average molecular weight is 280 g/mol. The van der Waals surface area contributed by atoms with E-state index in [0.717, 1.165) is 28.3 Å². The zero-order valence-electron chi connectivity index (χ0n) is 12.0. The molecule has 0 atom stereocenters. The van der Waals surface area contributed by atoms with Crippen molar-refractivity contribution < 1.29 is 9.90 Å². The third-order valence-electron chi connectivity index (χ3n) is 3.58. The van der Waals surface area contributed by atoms with Gasteiger partial charge >= 0.3 is 5.97 Å². The average Bonchev–Trinajstić information content (AvgIpc) is 2.79. The van der Waals surface area contributed by atoms with E-state index in [4.69, 9.17) is 0 Å². The van der Waals surface area contributed by atoms with Gasteiger partial charge in [0.15, 0.2) is 0 Å². The van der Waals surface area contributed by atoms with E-state index in [9.17, 15) is 9.90 Å². The molecule has 0 saturated heterocycles. The Bertz CT molecular complexity index is 817. The van der Waals surface area contributed by atoms with Crippen LogP contribution in [0.4, 0.5) is 0 Å². The number of carbonyl (C=O) groups is 1. The minimum atomic E-state index is -0.853. The predicted molar refractivity (Wildman–Crippen MR) is 81.4 cm³/mol. The van der Waals surface area contributed by atoms with E-state index in [1.54, 1.807) is 0 Å². The van der Waals surface area contributed by atoms with Gasteiger partial charge in [0.25, 0.3) is 0 Å². The molecule has 0 fully saturated rings. The number of imidazole rings is 1. The number of fused-ring (bicyclic) bond motifs is 1. The molecule has 0 radical (unpaired) electrons. The van der Waals surface area contributed by atoms with Crippen LogP contribution >= 0.6 is 0 Å². The molecule has 1 N–H and O–H groups in total. The molecule has 0 amide bonds. The lowest BCUT2D eigenvalue weighted by molar-refractivity contribution is -0.136. The maximum absolute atomic E-state index is 11.2. The van der Waals surface area contributed by atoms with Gasteiger partial charge in [0.2, 0.25) is 0 Å². The quantitative estimate of drug-likeness (QED) is 0.801. The first-order valence-corrected chi connectivity index (χ1v) is 6.82. The van der Waals surface area contributed by atoms with Crippen LogP contribution in [0.25, 0.3) is 16.9 Å². The van der Waals surface area contributed by atoms with Crippen molar-refractivity contribution in [3.63, 3.8) is 0 Å². The zero-order valence-corrected chi connectivity index (χ0v) is 12.0. The highest BCUT2D eigenvalue weighted by Gasteiger charge is 2.17. The van der Waals surface area contributed by atoms with Crippen LogP contribution in [0.5, 0.6) is 0 Å². The number of rotatable bonds is 3. The van der Waals surface area contributed by atoms with Gasteiger partial charge in [-0.25, -0.2) is 4.98 Å². The maximum Gasteiger partial charge on any atom is 0.309 e. The molecule has 0 aliphatic carbocycles. The van der Waals surface area contributed by atoms with Gasteiger partial charge in [0.05, 0.1) is 17.8 Å². The molecule has 0 aliphatic rings. The van der Waals surface area contributed by atoms with Crippen molar-refractivity contribution in [3.8, 4) is 11.3 Å². The summed E-state index contributed by atoms with van der Waals surface area (Å²) >= 11 is 0. The summed E-state index contributed by atoms with van der Waals surface area (Å²) in [7, 11) is 0. The lowest BCUT2D eigenvalue weighted by Gasteiger charge is -2.05.